The molecule has 0 bridgehead atoms. The van der Waals surface area contributed by atoms with Crippen molar-refractivity contribution in [3.63, 3.8) is 0 Å². The van der Waals surface area contributed by atoms with Gasteiger partial charge in [-0.15, -0.1) is 0 Å². The average Bonchev–Trinajstić information content (AvgIpc) is 2.38. The molecule has 2 fully saturated rings. The smallest absolute Gasteiger partial charge is 0.0107 e. The first-order valence-electron chi connectivity index (χ1n) is 7.83. The molecule has 0 radical (unpaired) electrons. The zero-order chi connectivity index (χ0) is 12.8. The largest absolute Gasteiger partial charge is 0.314 e. The van der Waals surface area contributed by atoms with E-state index in [1.54, 1.807) is 0 Å². The third kappa shape index (κ3) is 4.52. The summed E-state index contributed by atoms with van der Waals surface area (Å²) in [5, 5.41) is 3.55. The van der Waals surface area contributed by atoms with Gasteiger partial charge in [-0.2, -0.15) is 0 Å². The number of rotatable bonds is 6. The predicted molar refractivity (Wildman–Crippen MR) is 77.9 cm³/mol. The van der Waals surface area contributed by atoms with Gasteiger partial charge in [0.25, 0.3) is 0 Å². The van der Waals surface area contributed by atoms with E-state index in [1.807, 2.05) is 0 Å². The summed E-state index contributed by atoms with van der Waals surface area (Å²) in [6, 6.07) is 0. The van der Waals surface area contributed by atoms with Gasteiger partial charge in [0.15, 0.2) is 0 Å². The second kappa shape index (κ2) is 7.46. The molecule has 0 aromatic rings. The van der Waals surface area contributed by atoms with Crippen LogP contribution in [0.5, 0.6) is 0 Å². The van der Waals surface area contributed by atoms with Crippen LogP contribution in [0.2, 0.25) is 0 Å². The SMILES string of the molecule is CN(C)CCNCCN1CCC2CCCCC2C1. The van der Waals surface area contributed by atoms with Crippen LogP contribution in [0.25, 0.3) is 0 Å². The summed E-state index contributed by atoms with van der Waals surface area (Å²) in [6.07, 6.45) is 7.44. The molecule has 1 aliphatic heterocycles. The normalized spacial score (nSPS) is 29.5. The summed E-state index contributed by atoms with van der Waals surface area (Å²) in [5.74, 6) is 2.09. The van der Waals surface area contributed by atoms with E-state index < -0.39 is 0 Å². The fourth-order valence-electron chi connectivity index (χ4n) is 3.54. The third-order valence-electron chi connectivity index (χ3n) is 4.72. The molecule has 3 nitrogen and oxygen atoms in total. The van der Waals surface area contributed by atoms with Gasteiger partial charge < -0.3 is 15.1 Å². The van der Waals surface area contributed by atoms with E-state index in [2.05, 4.69) is 29.2 Å². The number of nitrogens with zero attached hydrogens (tertiary/aromatic N) is 2. The van der Waals surface area contributed by atoms with Gasteiger partial charge in [0, 0.05) is 32.7 Å². The van der Waals surface area contributed by atoms with E-state index in [4.69, 9.17) is 0 Å². The van der Waals surface area contributed by atoms with Gasteiger partial charge in [0.05, 0.1) is 0 Å². The Balaban J connectivity index is 1.57. The molecule has 106 valence electrons. The van der Waals surface area contributed by atoms with Crippen LogP contribution in [0.15, 0.2) is 0 Å². The topological polar surface area (TPSA) is 18.5 Å². The lowest BCUT2D eigenvalue weighted by Crippen LogP contribution is -2.44. The van der Waals surface area contributed by atoms with Gasteiger partial charge in [0.1, 0.15) is 0 Å². The summed E-state index contributed by atoms with van der Waals surface area (Å²) in [5.41, 5.74) is 0. The number of nitrogens with one attached hydrogen (secondary N) is 1. The third-order valence-corrected chi connectivity index (χ3v) is 4.72. The lowest BCUT2D eigenvalue weighted by molar-refractivity contribution is 0.0875. The summed E-state index contributed by atoms with van der Waals surface area (Å²) in [6.45, 7) is 7.38. The number of fused-ring (bicyclic) bond motifs is 1. The standard InChI is InChI=1S/C15H31N3/c1-17(2)11-8-16-9-12-18-10-7-14-5-3-4-6-15(14)13-18/h14-16H,3-13H2,1-2H3. The van der Waals surface area contributed by atoms with Crippen molar-refractivity contribution in [3.8, 4) is 0 Å². The maximum absolute atomic E-state index is 3.55. The van der Waals surface area contributed by atoms with E-state index in [9.17, 15) is 0 Å². The number of hydrogen-bond donors (Lipinski definition) is 1. The molecule has 1 N–H and O–H groups in total. The van der Waals surface area contributed by atoms with E-state index >= 15 is 0 Å². The highest BCUT2D eigenvalue weighted by Crippen LogP contribution is 2.35. The van der Waals surface area contributed by atoms with Crippen molar-refractivity contribution in [2.24, 2.45) is 11.8 Å². The molecule has 0 aromatic heterocycles. The van der Waals surface area contributed by atoms with E-state index in [-0.39, 0.29) is 0 Å². The highest BCUT2D eigenvalue weighted by molar-refractivity contribution is 4.83. The van der Waals surface area contributed by atoms with Crippen molar-refractivity contribution in [2.45, 2.75) is 32.1 Å². The Morgan fingerprint density at radius 1 is 1.06 bits per heavy atom. The van der Waals surface area contributed by atoms with Crippen molar-refractivity contribution in [1.82, 2.24) is 15.1 Å². The van der Waals surface area contributed by atoms with E-state index in [0.29, 0.717) is 0 Å². The fraction of sp³-hybridized carbons (Fsp3) is 1.00. The molecule has 0 amide bonds. The maximum Gasteiger partial charge on any atom is 0.0107 e. The highest BCUT2D eigenvalue weighted by atomic mass is 15.2. The first-order valence-corrected chi connectivity index (χ1v) is 7.83. The Bertz CT molecular complexity index is 230. The number of piperidine rings is 1. The molecular weight excluding hydrogens is 222 g/mol. The van der Waals surface area contributed by atoms with E-state index in [1.165, 1.54) is 51.7 Å². The number of likely N-dealkylation sites (N-methyl/N-ethyl adjacent to an activating group) is 1. The Hall–Kier alpha value is -0.120. The first kappa shape index (κ1) is 14.3. The van der Waals surface area contributed by atoms with Crippen LogP contribution in [0.1, 0.15) is 32.1 Å². The van der Waals surface area contributed by atoms with Crippen molar-refractivity contribution in [2.75, 3.05) is 53.4 Å². The second-order valence-corrected chi connectivity index (χ2v) is 6.45. The van der Waals surface area contributed by atoms with Crippen LogP contribution in [0.3, 0.4) is 0 Å². The predicted octanol–water partition coefficient (Wildman–Crippen LogP) is 1.65. The molecular formula is C15H31N3. The van der Waals surface area contributed by atoms with Crippen molar-refractivity contribution >= 4 is 0 Å². The molecule has 3 heteroatoms. The maximum atomic E-state index is 3.55. The fourth-order valence-corrected chi connectivity index (χ4v) is 3.54. The van der Waals surface area contributed by atoms with Crippen LogP contribution in [-0.4, -0.2) is 63.2 Å². The van der Waals surface area contributed by atoms with Crippen LogP contribution < -0.4 is 5.32 Å². The Kier molecular flexibility index (Phi) is 5.93. The van der Waals surface area contributed by atoms with Crippen LogP contribution >= 0.6 is 0 Å². The molecule has 1 saturated heterocycles. The quantitative estimate of drug-likeness (QED) is 0.726. The highest BCUT2D eigenvalue weighted by Gasteiger charge is 2.30. The number of likely N-dealkylation sites (tertiary alicyclic amines) is 1. The lowest BCUT2D eigenvalue weighted by Gasteiger charge is -2.41. The average molecular weight is 253 g/mol. The second-order valence-electron chi connectivity index (χ2n) is 6.45. The van der Waals surface area contributed by atoms with Gasteiger partial charge in [-0.25, -0.2) is 0 Å². The molecule has 0 spiro atoms. The van der Waals surface area contributed by atoms with E-state index in [0.717, 1.165) is 31.5 Å². The van der Waals surface area contributed by atoms with Gasteiger partial charge in [-0.3, -0.25) is 0 Å². The first-order chi connectivity index (χ1) is 8.75. The van der Waals surface area contributed by atoms with Crippen LogP contribution in [0.4, 0.5) is 0 Å². The van der Waals surface area contributed by atoms with Crippen molar-refractivity contribution < 1.29 is 0 Å². The summed E-state index contributed by atoms with van der Waals surface area (Å²) < 4.78 is 0. The van der Waals surface area contributed by atoms with Crippen molar-refractivity contribution in [3.05, 3.63) is 0 Å². The molecule has 2 aliphatic rings. The van der Waals surface area contributed by atoms with Crippen LogP contribution in [0, 0.1) is 11.8 Å². The molecule has 2 rings (SSSR count). The zero-order valence-electron chi connectivity index (χ0n) is 12.3. The molecule has 1 heterocycles. The molecule has 18 heavy (non-hydrogen) atoms. The minimum absolute atomic E-state index is 1.02. The van der Waals surface area contributed by atoms with Crippen LogP contribution in [-0.2, 0) is 0 Å². The number of hydrogen-bond acceptors (Lipinski definition) is 3. The zero-order valence-corrected chi connectivity index (χ0v) is 12.3. The monoisotopic (exact) mass is 253 g/mol. The Morgan fingerprint density at radius 2 is 1.83 bits per heavy atom. The molecule has 2 unspecified atom stereocenters. The van der Waals surface area contributed by atoms with Gasteiger partial charge in [0.2, 0.25) is 0 Å². The Labute approximate surface area is 113 Å². The lowest BCUT2D eigenvalue weighted by atomic mass is 9.75. The van der Waals surface area contributed by atoms with Crippen molar-refractivity contribution in [1.29, 1.82) is 0 Å². The summed E-state index contributed by atoms with van der Waals surface area (Å²) >= 11 is 0. The van der Waals surface area contributed by atoms with Gasteiger partial charge in [-0.05, 0) is 45.3 Å². The molecule has 0 aromatic carbocycles. The molecule has 1 aliphatic carbocycles. The minimum Gasteiger partial charge on any atom is -0.314 e. The van der Waals surface area contributed by atoms with Gasteiger partial charge >= 0.3 is 0 Å². The minimum atomic E-state index is 1.02. The Morgan fingerprint density at radius 3 is 2.61 bits per heavy atom. The molecule has 1 saturated carbocycles. The molecule has 2 atom stereocenters. The summed E-state index contributed by atoms with van der Waals surface area (Å²) in [4.78, 5) is 4.93. The van der Waals surface area contributed by atoms with Gasteiger partial charge in [-0.1, -0.05) is 19.3 Å². The summed E-state index contributed by atoms with van der Waals surface area (Å²) in [7, 11) is 4.27.